The van der Waals surface area contributed by atoms with Crippen molar-refractivity contribution in [3.05, 3.63) is 23.8 Å². The van der Waals surface area contributed by atoms with Gasteiger partial charge in [0, 0.05) is 19.6 Å². The van der Waals surface area contributed by atoms with Crippen molar-refractivity contribution in [3.63, 3.8) is 0 Å². The van der Waals surface area contributed by atoms with E-state index in [2.05, 4.69) is 5.32 Å². The van der Waals surface area contributed by atoms with Crippen LogP contribution >= 0.6 is 0 Å². The maximum Gasteiger partial charge on any atom is 0.317 e. The number of sulfone groups is 1. The number of hydrogen-bond acceptors (Lipinski definition) is 5. The van der Waals surface area contributed by atoms with E-state index >= 15 is 0 Å². The van der Waals surface area contributed by atoms with Crippen molar-refractivity contribution in [3.8, 4) is 11.5 Å². The van der Waals surface area contributed by atoms with Crippen LogP contribution in [0.25, 0.3) is 0 Å². The van der Waals surface area contributed by atoms with Crippen molar-refractivity contribution in [2.75, 3.05) is 31.9 Å². The van der Waals surface area contributed by atoms with Crippen molar-refractivity contribution in [1.29, 1.82) is 0 Å². The van der Waals surface area contributed by atoms with Crippen LogP contribution in [-0.4, -0.2) is 57.3 Å². The maximum atomic E-state index is 12.1. The summed E-state index contributed by atoms with van der Waals surface area (Å²) in [7, 11) is -1.35. The molecular formula is C15H20N2O5S. The lowest BCUT2D eigenvalue weighted by atomic mass is 10.1. The largest absolute Gasteiger partial charge is 0.454 e. The molecule has 23 heavy (non-hydrogen) atoms. The topological polar surface area (TPSA) is 84.9 Å². The fourth-order valence-electron chi connectivity index (χ4n) is 2.78. The number of carbonyl (C=O) groups is 1. The van der Waals surface area contributed by atoms with Gasteiger partial charge in [0.2, 0.25) is 6.79 Å². The third-order valence-electron chi connectivity index (χ3n) is 4.20. The molecule has 126 valence electrons. The third kappa shape index (κ3) is 3.69. The molecule has 1 aromatic carbocycles. The zero-order chi connectivity index (χ0) is 16.4. The highest BCUT2D eigenvalue weighted by Gasteiger charge is 2.32. The van der Waals surface area contributed by atoms with Gasteiger partial charge in [0.1, 0.15) is 0 Å². The van der Waals surface area contributed by atoms with Crippen molar-refractivity contribution in [1.82, 2.24) is 10.2 Å². The molecule has 8 heteroatoms. The minimum absolute atomic E-state index is 0.0546. The van der Waals surface area contributed by atoms with Gasteiger partial charge in [0.25, 0.3) is 0 Å². The predicted molar refractivity (Wildman–Crippen MR) is 84.5 cm³/mol. The van der Waals surface area contributed by atoms with Gasteiger partial charge in [0.05, 0.1) is 11.5 Å². The van der Waals surface area contributed by atoms with Gasteiger partial charge in [-0.05, 0) is 30.5 Å². The molecule has 0 saturated carbocycles. The highest BCUT2D eigenvalue weighted by Crippen LogP contribution is 2.32. The van der Waals surface area contributed by atoms with Gasteiger partial charge in [-0.25, -0.2) is 13.2 Å². The van der Waals surface area contributed by atoms with Crippen LogP contribution in [0.1, 0.15) is 12.0 Å². The summed E-state index contributed by atoms with van der Waals surface area (Å²) in [6.45, 7) is 0.715. The molecule has 7 nitrogen and oxygen atoms in total. The minimum Gasteiger partial charge on any atom is -0.454 e. The lowest BCUT2D eigenvalue weighted by Crippen LogP contribution is -2.44. The average Bonchev–Trinajstić information content (AvgIpc) is 3.11. The van der Waals surface area contributed by atoms with E-state index in [4.69, 9.17) is 9.47 Å². The van der Waals surface area contributed by atoms with Gasteiger partial charge < -0.3 is 19.7 Å². The molecule has 2 aliphatic heterocycles. The molecular weight excluding hydrogens is 320 g/mol. The fourth-order valence-corrected chi connectivity index (χ4v) is 4.56. The van der Waals surface area contributed by atoms with Crippen molar-refractivity contribution >= 4 is 15.9 Å². The molecule has 1 saturated heterocycles. The first-order valence-electron chi connectivity index (χ1n) is 7.54. The number of benzene rings is 1. The van der Waals surface area contributed by atoms with Crippen molar-refractivity contribution < 1.29 is 22.7 Å². The quantitative estimate of drug-likeness (QED) is 0.876. The molecule has 0 radical (unpaired) electrons. The standard InChI is InChI=1S/C15H20N2O5S/c1-17(12-5-7-23(19,20)9-12)15(18)16-6-4-11-2-3-13-14(8-11)22-10-21-13/h2-3,8,12H,4-7,9-10H2,1H3,(H,16,18)/t12-/m0/s1. The molecule has 0 bridgehead atoms. The number of amides is 2. The highest BCUT2D eigenvalue weighted by atomic mass is 32.2. The van der Waals surface area contributed by atoms with E-state index in [-0.39, 0.29) is 30.4 Å². The Morgan fingerprint density at radius 1 is 1.35 bits per heavy atom. The summed E-state index contributed by atoms with van der Waals surface area (Å²) in [5.74, 6) is 1.67. The van der Waals surface area contributed by atoms with Crippen LogP contribution in [0.2, 0.25) is 0 Å². The van der Waals surface area contributed by atoms with Gasteiger partial charge in [-0.1, -0.05) is 6.07 Å². The van der Waals surface area contributed by atoms with E-state index in [1.165, 1.54) is 4.90 Å². The Kier molecular flexibility index (Phi) is 4.34. The smallest absolute Gasteiger partial charge is 0.317 e. The Morgan fingerprint density at radius 2 is 2.13 bits per heavy atom. The summed E-state index contributed by atoms with van der Waals surface area (Å²) < 4.78 is 33.5. The molecule has 0 spiro atoms. The summed E-state index contributed by atoms with van der Waals surface area (Å²) in [6.07, 6.45) is 1.17. The van der Waals surface area contributed by atoms with Crippen LogP contribution in [0.15, 0.2) is 18.2 Å². The first-order chi connectivity index (χ1) is 10.9. The zero-order valence-corrected chi connectivity index (χ0v) is 13.8. The first-order valence-corrected chi connectivity index (χ1v) is 9.36. The van der Waals surface area contributed by atoms with Crippen molar-refractivity contribution in [2.45, 2.75) is 18.9 Å². The lowest BCUT2D eigenvalue weighted by Gasteiger charge is -2.23. The second-order valence-corrected chi connectivity index (χ2v) is 8.07. The van der Waals surface area contributed by atoms with Crippen LogP contribution in [-0.2, 0) is 16.3 Å². The number of nitrogens with zero attached hydrogens (tertiary/aromatic N) is 1. The Morgan fingerprint density at radius 3 is 2.87 bits per heavy atom. The van der Waals surface area contributed by atoms with Gasteiger partial charge in [-0.3, -0.25) is 0 Å². The Bertz CT molecular complexity index is 704. The van der Waals surface area contributed by atoms with E-state index in [0.717, 1.165) is 17.1 Å². The average molecular weight is 340 g/mol. The third-order valence-corrected chi connectivity index (χ3v) is 5.95. The van der Waals surface area contributed by atoms with Gasteiger partial charge in [-0.15, -0.1) is 0 Å². The molecule has 2 heterocycles. The summed E-state index contributed by atoms with van der Waals surface area (Å²) >= 11 is 0. The Hall–Kier alpha value is -1.96. The molecule has 2 aliphatic rings. The van der Waals surface area contributed by atoms with Gasteiger partial charge in [0.15, 0.2) is 21.3 Å². The summed E-state index contributed by atoms with van der Waals surface area (Å²) in [4.78, 5) is 13.6. The maximum absolute atomic E-state index is 12.1. The molecule has 1 N–H and O–H groups in total. The molecule has 1 fully saturated rings. The SMILES string of the molecule is CN(C(=O)NCCc1ccc2c(c1)OCO2)[C@H]1CCS(=O)(=O)C1. The number of rotatable bonds is 4. The second-order valence-electron chi connectivity index (χ2n) is 5.84. The second kappa shape index (κ2) is 6.27. The normalized spacial score (nSPS) is 21.2. The summed E-state index contributed by atoms with van der Waals surface area (Å²) in [6, 6.07) is 5.22. The van der Waals surface area contributed by atoms with E-state index in [1.807, 2.05) is 18.2 Å². The molecule has 2 amide bonds. The number of fused-ring (bicyclic) bond motifs is 1. The van der Waals surface area contributed by atoms with E-state index < -0.39 is 9.84 Å². The van der Waals surface area contributed by atoms with E-state index in [0.29, 0.717) is 19.4 Å². The number of urea groups is 1. The summed E-state index contributed by atoms with van der Waals surface area (Å²) in [5, 5.41) is 2.82. The van der Waals surface area contributed by atoms with Crippen LogP contribution < -0.4 is 14.8 Å². The molecule has 1 aromatic rings. The number of carbonyl (C=O) groups excluding carboxylic acids is 1. The Balaban J connectivity index is 1.47. The van der Waals surface area contributed by atoms with Gasteiger partial charge >= 0.3 is 6.03 Å². The van der Waals surface area contributed by atoms with E-state index in [1.54, 1.807) is 7.05 Å². The number of hydrogen-bond donors (Lipinski definition) is 1. The Labute approximate surface area is 135 Å². The fraction of sp³-hybridized carbons (Fsp3) is 0.533. The van der Waals surface area contributed by atoms with Crippen LogP contribution in [0.5, 0.6) is 11.5 Å². The molecule has 0 unspecified atom stereocenters. The number of ether oxygens (including phenoxy) is 2. The predicted octanol–water partition coefficient (Wildman–Crippen LogP) is 0.786. The molecule has 0 aromatic heterocycles. The molecule has 3 rings (SSSR count). The van der Waals surface area contributed by atoms with Crippen LogP contribution in [0.3, 0.4) is 0 Å². The zero-order valence-electron chi connectivity index (χ0n) is 12.9. The molecule has 1 atom stereocenters. The van der Waals surface area contributed by atoms with E-state index in [9.17, 15) is 13.2 Å². The number of nitrogens with one attached hydrogen (secondary N) is 1. The summed E-state index contributed by atoms with van der Waals surface area (Å²) in [5.41, 5.74) is 1.04. The monoisotopic (exact) mass is 340 g/mol. The van der Waals surface area contributed by atoms with Crippen molar-refractivity contribution in [2.24, 2.45) is 0 Å². The van der Waals surface area contributed by atoms with Crippen LogP contribution in [0, 0.1) is 0 Å². The van der Waals surface area contributed by atoms with Crippen LogP contribution in [0.4, 0.5) is 4.79 Å². The minimum atomic E-state index is -2.99. The van der Waals surface area contributed by atoms with Gasteiger partial charge in [-0.2, -0.15) is 0 Å². The highest BCUT2D eigenvalue weighted by molar-refractivity contribution is 7.91. The lowest BCUT2D eigenvalue weighted by molar-refractivity contribution is 0.174. The molecule has 0 aliphatic carbocycles. The first kappa shape index (κ1) is 15.9.